The van der Waals surface area contributed by atoms with Gasteiger partial charge in [-0.1, -0.05) is 5.92 Å². The molecule has 0 saturated heterocycles. The first kappa shape index (κ1) is 10.4. The number of carbonyl (C=O) groups is 1. The molecule has 3 heteroatoms. The Bertz CT molecular complexity index is 384. The van der Waals surface area contributed by atoms with Crippen molar-refractivity contribution in [1.29, 1.82) is 0 Å². The Hall–Kier alpha value is -1.69. The predicted molar refractivity (Wildman–Crippen MR) is 55.9 cm³/mol. The molecule has 0 aliphatic rings. The zero-order valence-electron chi connectivity index (χ0n) is 8.66. The third-order valence-electron chi connectivity index (χ3n) is 2.20. The molecule has 0 aliphatic carbocycles. The number of nitrogens with one attached hydrogen (secondary N) is 1. The van der Waals surface area contributed by atoms with Gasteiger partial charge < -0.3 is 9.88 Å². The molecule has 1 heterocycles. The molecule has 0 bridgehead atoms. The maximum Gasteiger partial charge on any atom is 0.268 e. The molecule has 14 heavy (non-hydrogen) atoms. The molecule has 1 unspecified atom stereocenters. The van der Waals surface area contributed by atoms with Crippen LogP contribution in [0.3, 0.4) is 0 Å². The highest BCUT2D eigenvalue weighted by atomic mass is 16.2. The minimum Gasteiger partial charge on any atom is -0.344 e. The van der Waals surface area contributed by atoms with Gasteiger partial charge in [-0.05, 0) is 26.0 Å². The first-order chi connectivity index (χ1) is 6.56. The molecule has 0 radical (unpaired) electrons. The lowest BCUT2D eigenvalue weighted by Crippen LogP contribution is -2.32. The highest BCUT2D eigenvalue weighted by Crippen LogP contribution is 2.05. The first-order valence-corrected chi connectivity index (χ1v) is 4.45. The summed E-state index contributed by atoms with van der Waals surface area (Å²) in [6.45, 7) is 3.72. The smallest absolute Gasteiger partial charge is 0.268 e. The standard InChI is InChI=1S/C11H14N2O/c1-5-8(2)12-11(14)10-7-6-9(3)13(10)4/h1,6-8H,2-4H3,(H,12,14). The Labute approximate surface area is 84.1 Å². The van der Waals surface area contributed by atoms with E-state index < -0.39 is 0 Å². The van der Waals surface area contributed by atoms with Gasteiger partial charge in [0, 0.05) is 12.7 Å². The summed E-state index contributed by atoms with van der Waals surface area (Å²) in [4.78, 5) is 11.6. The molecule has 74 valence electrons. The SMILES string of the molecule is C#CC(C)NC(=O)c1ccc(C)n1C. The molecule has 0 saturated carbocycles. The highest BCUT2D eigenvalue weighted by Gasteiger charge is 2.11. The van der Waals surface area contributed by atoms with Crippen molar-refractivity contribution in [2.45, 2.75) is 19.9 Å². The lowest BCUT2D eigenvalue weighted by molar-refractivity contribution is 0.0940. The number of hydrogen-bond donors (Lipinski definition) is 1. The average molecular weight is 190 g/mol. The summed E-state index contributed by atoms with van der Waals surface area (Å²) < 4.78 is 1.83. The van der Waals surface area contributed by atoms with E-state index in [4.69, 9.17) is 6.42 Å². The Morgan fingerprint density at radius 3 is 2.71 bits per heavy atom. The van der Waals surface area contributed by atoms with Crippen LogP contribution < -0.4 is 5.32 Å². The van der Waals surface area contributed by atoms with Crippen LogP contribution >= 0.6 is 0 Å². The van der Waals surface area contributed by atoms with Crippen LogP contribution in [-0.2, 0) is 7.05 Å². The number of terminal acetylenes is 1. The number of amides is 1. The largest absolute Gasteiger partial charge is 0.344 e. The molecule has 1 aromatic heterocycles. The van der Waals surface area contributed by atoms with Crippen LogP contribution in [0.2, 0.25) is 0 Å². The van der Waals surface area contributed by atoms with E-state index in [-0.39, 0.29) is 11.9 Å². The Kier molecular flexibility index (Phi) is 2.98. The molecular formula is C11H14N2O. The summed E-state index contributed by atoms with van der Waals surface area (Å²) in [6, 6.07) is 3.45. The molecule has 1 rings (SSSR count). The van der Waals surface area contributed by atoms with E-state index in [1.165, 1.54) is 0 Å². The predicted octanol–water partition coefficient (Wildman–Crippen LogP) is 1.09. The van der Waals surface area contributed by atoms with Gasteiger partial charge in [-0.25, -0.2) is 0 Å². The van der Waals surface area contributed by atoms with Gasteiger partial charge in [0.05, 0.1) is 6.04 Å². The van der Waals surface area contributed by atoms with E-state index in [1.807, 2.05) is 24.6 Å². The number of aryl methyl sites for hydroxylation is 1. The molecule has 3 nitrogen and oxygen atoms in total. The summed E-state index contributed by atoms with van der Waals surface area (Å²) in [6.07, 6.45) is 5.17. The summed E-state index contributed by atoms with van der Waals surface area (Å²) >= 11 is 0. The van der Waals surface area contributed by atoms with Crippen molar-refractivity contribution in [3.05, 3.63) is 23.5 Å². The second-order valence-corrected chi connectivity index (χ2v) is 3.28. The van der Waals surface area contributed by atoms with Crippen molar-refractivity contribution in [3.63, 3.8) is 0 Å². The molecular weight excluding hydrogens is 176 g/mol. The van der Waals surface area contributed by atoms with Crippen molar-refractivity contribution in [1.82, 2.24) is 9.88 Å². The van der Waals surface area contributed by atoms with E-state index in [0.717, 1.165) is 5.69 Å². The summed E-state index contributed by atoms with van der Waals surface area (Å²) in [7, 11) is 1.85. The molecule has 1 N–H and O–H groups in total. The molecule has 0 fully saturated rings. The van der Waals surface area contributed by atoms with Crippen LogP contribution in [0.4, 0.5) is 0 Å². The van der Waals surface area contributed by atoms with Gasteiger partial charge in [0.2, 0.25) is 0 Å². The lowest BCUT2D eigenvalue weighted by Gasteiger charge is -2.08. The first-order valence-electron chi connectivity index (χ1n) is 4.45. The van der Waals surface area contributed by atoms with Crippen molar-refractivity contribution in [2.24, 2.45) is 7.05 Å². The number of nitrogens with zero attached hydrogens (tertiary/aromatic N) is 1. The molecule has 0 aliphatic heterocycles. The van der Waals surface area contributed by atoms with Crippen LogP contribution in [0.1, 0.15) is 23.1 Å². The third-order valence-corrected chi connectivity index (χ3v) is 2.20. The van der Waals surface area contributed by atoms with E-state index >= 15 is 0 Å². The van der Waals surface area contributed by atoms with Crippen molar-refractivity contribution in [3.8, 4) is 12.3 Å². The monoisotopic (exact) mass is 190 g/mol. The fourth-order valence-electron chi connectivity index (χ4n) is 1.15. The third kappa shape index (κ3) is 1.97. The van der Waals surface area contributed by atoms with Gasteiger partial charge >= 0.3 is 0 Å². The maximum absolute atomic E-state index is 11.6. The Morgan fingerprint density at radius 1 is 1.64 bits per heavy atom. The minimum absolute atomic E-state index is 0.133. The minimum atomic E-state index is -0.238. The van der Waals surface area contributed by atoms with Crippen LogP contribution in [-0.4, -0.2) is 16.5 Å². The Morgan fingerprint density at radius 2 is 2.29 bits per heavy atom. The topological polar surface area (TPSA) is 34.0 Å². The zero-order valence-corrected chi connectivity index (χ0v) is 8.66. The van der Waals surface area contributed by atoms with Crippen molar-refractivity contribution in [2.75, 3.05) is 0 Å². The summed E-state index contributed by atoms with van der Waals surface area (Å²) in [5, 5.41) is 2.70. The second kappa shape index (κ2) is 4.01. The van der Waals surface area contributed by atoms with Crippen molar-refractivity contribution >= 4 is 5.91 Å². The van der Waals surface area contributed by atoms with Crippen LogP contribution in [0, 0.1) is 19.3 Å². The second-order valence-electron chi connectivity index (χ2n) is 3.28. The van der Waals surface area contributed by atoms with E-state index in [1.54, 1.807) is 13.0 Å². The summed E-state index contributed by atoms with van der Waals surface area (Å²) in [5.74, 6) is 2.32. The van der Waals surface area contributed by atoms with Gasteiger partial charge in [0.1, 0.15) is 5.69 Å². The molecule has 0 aromatic carbocycles. The molecule has 1 atom stereocenters. The molecule has 0 spiro atoms. The lowest BCUT2D eigenvalue weighted by atomic mass is 10.3. The highest BCUT2D eigenvalue weighted by molar-refractivity contribution is 5.93. The number of rotatable bonds is 2. The van der Waals surface area contributed by atoms with Gasteiger partial charge in [0.15, 0.2) is 0 Å². The summed E-state index contributed by atoms with van der Waals surface area (Å²) in [5.41, 5.74) is 1.67. The van der Waals surface area contributed by atoms with Crippen LogP contribution in [0.15, 0.2) is 12.1 Å². The van der Waals surface area contributed by atoms with Crippen LogP contribution in [0.5, 0.6) is 0 Å². The fourth-order valence-corrected chi connectivity index (χ4v) is 1.15. The van der Waals surface area contributed by atoms with E-state index in [9.17, 15) is 4.79 Å². The molecule has 1 aromatic rings. The normalized spacial score (nSPS) is 11.9. The average Bonchev–Trinajstić information content (AvgIpc) is 2.47. The van der Waals surface area contributed by atoms with Gasteiger partial charge in [-0.15, -0.1) is 6.42 Å². The van der Waals surface area contributed by atoms with Gasteiger partial charge in [0.25, 0.3) is 5.91 Å². The number of hydrogen-bond acceptors (Lipinski definition) is 1. The quantitative estimate of drug-likeness (QED) is 0.696. The zero-order chi connectivity index (χ0) is 10.7. The van der Waals surface area contributed by atoms with E-state index in [2.05, 4.69) is 11.2 Å². The Balaban J connectivity index is 2.81. The number of aromatic nitrogens is 1. The fraction of sp³-hybridized carbons (Fsp3) is 0.364. The van der Waals surface area contributed by atoms with Crippen LogP contribution in [0.25, 0.3) is 0 Å². The number of carbonyl (C=O) groups excluding carboxylic acids is 1. The van der Waals surface area contributed by atoms with Gasteiger partial charge in [-0.2, -0.15) is 0 Å². The van der Waals surface area contributed by atoms with E-state index in [0.29, 0.717) is 5.69 Å². The van der Waals surface area contributed by atoms with Crippen molar-refractivity contribution < 1.29 is 4.79 Å². The maximum atomic E-state index is 11.6. The molecule has 1 amide bonds. The van der Waals surface area contributed by atoms with Gasteiger partial charge in [-0.3, -0.25) is 4.79 Å².